The van der Waals surface area contributed by atoms with Crippen molar-refractivity contribution in [2.45, 2.75) is 6.92 Å². The van der Waals surface area contributed by atoms with Crippen LogP contribution in [0, 0.1) is 6.92 Å². The molecule has 0 radical (unpaired) electrons. The first kappa shape index (κ1) is 13.5. The molecule has 0 unspecified atom stereocenters. The maximum absolute atomic E-state index is 6.03. The lowest BCUT2D eigenvalue weighted by Crippen LogP contribution is -1.88. The number of aryl methyl sites for hydroxylation is 1. The summed E-state index contributed by atoms with van der Waals surface area (Å²) < 4.78 is 5.30. The van der Waals surface area contributed by atoms with Crippen LogP contribution < -0.4 is 4.74 Å². The molecule has 18 heavy (non-hydrogen) atoms. The molecule has 0 spiro atoms. The van der Waals surface area contributed by atoms with E-state index in [9.17, 15) is 0 Å². The van der Waals surface area contributed by atoms with Gasteiger partial charge in [-0.05, 0) is 41.8 Å². The van der Waals surface area contributed by atoms with Crippen molar-refractivity contribution in [1.82, 2.24) is 0 Å². The molecule has 0 aliphatic carbocycles. The summed E-state index contributed by atoms with van der Waals surface area (Å²) >= 11 is 18.0. The van der Waals surface area contributed by atoms with Crippen molar-refractivity contribution < 1.29 is 4.74 Å². The van der Waals surface area contributed by atoms with E-state index in [-0.39, 0.29) is 0 Å². The third-order valence-corrected chi connectivity index (χ3v) is 3.92. The highest BCUT2D eigenvalue weighted by Crippen LogP contribution is 2.36. The van der Waals surface area contributed by atoms with Gasteiger partial charge in [0, 0.05) is 0 Å². The second-order valence-electron chi connectivity index (χ2n) is 3.94. The molecule has 2 aromatic carbocycles. The van der Waals surface area contributed by atoms with Crippen LogP contribution in [0.15, 0.2) is 30.3 Å². The van der Waals surface area contributed by atoms with E-state index in [0.717, 1.165) is 22.4 Å². The van der Waals surface area contributed by atoms with Crippen LogP contribution in [0.4, 0.5) is 0 Å². The fraction of sp³-hybridized carbons (Fsp3) is 0.143. The van der Waals surface area contributed by atoms with Gasteiger partial charge in [0.25, 0.3) is 0 Å². The van der Waals surface area contributed by atoms with Crippen LogP contribution in [0.5, 0.6) is 5.75 Å². The molecular weight excluding hydrogens is 291 g/mol. The van der Waals surface area contributed by atoms with Gasteiger partial charge in [-0.3, -0.25) is 0 Å². The minimum atomic E-state index is 0.376. The average Bonchev–Trinajstić information content (AvgIpc) is 2.36. The maximum Gasteiger partial charge on any atom is 0.122 e. The molecule has 0 aliphatic rings. The summed E-state index contributed by atoms with van der Waals surface area (Å²) in [6.07, 6.45) is 0. The Morgan fingerprint density at radius 1 is 0.889 bits per heavy atom. The van der Waals surface area contributed by atoms with Crippen molar-refractivity contribution in [3.63, 3.8) is 0 Å². The lowest BCUT2D eigenvalue weighted by Gasteiger charge is -2.09. The number of methoxy groups -OCH3 is 1. The smallest absolute Gasteiger partial charge is 0.122 e. The summed E-state index contributed by atoms with van der Waals surface area (Å²) in [4.78, 5) is 0. The van der Waals surface area contributed by atoms with Crippen molar-refractivity contribution >= 4 is 34.8 Å². The van der Waals surface area contributed by atoms with Gasteiger partial charge in [-0.25, -0.2) is 0 Å². The molecule has 0 aliphatic heterocycles. The number of rotatable bonds is 2. The van der Waals surface area contributed by atoms with E-state index in [1.165, 1.54) is 0 Å². The minimum absolute atomic E-state index is 0.376. The SMILES string of the molecule is COc1cc(-c2cc(Cl)c(Cl)c(Cl)c2)ccc1C. The Morgan fingerprint density at radius 3 is 2.06 bits per heavy atom. The van der Waals surface area contributed by atoms with E-state index >= 15 is 0 Å². The van der Waals surface area contributed by atoms with Crippen molar-refractivity contribution in [2.75, 3.05) is 7.11 Å². The number of hydrogen-bond donors (Lipinski definition) is 0. The summed E-state index contributed by atoms with van der Waals surface area (Å²) in [7, 11) is 1.65. The third kappa shape index (κ3) is 2.59. The quantitative estimate of drug-likeness (QED) is 0.653. The molecule has 0 amide bonds. The summed E-state index contributed by atoms with van der Waals surface area (Å²) in [6, 6.07) is 9.52. The molecule has 0 saturated heterocycles. The summed E-state index contributed by atoms with van der Waals surface area (Å²) in [5, 5.41) is 1.26. The highest BCUT2D eigenvalue weighted by Gasteiger charge is 2.09. The lowest BCUT2D eigenvalue weighted by molar-refractivity contribution is 0.412. The Balaban J connectivity index is 2.55. The van der Waals surface area contributed by atoms with E-state index in [4.69, 9.17) is 39.5 Å². The zero-order valence-corrected chi connectivity index (χ0v) is 12.2. The summed E-state index contributed by atoms with van der Waals surface area (Å²) in [6.45, 7) is 1.99. The van der Waals surface area contributed by atoms with Gasteiger partial charge in [-0.2, -0.15) is 0 Å². The molecule has 1 nitrogen and oxygen atoms in total. The standard InChI is InChI=1S/C14H11Cl3O/c1-8-3-4-9(7-13(8)18-2)10-5-11(15)14(17)12(16)6-10/h3-7H,1-2H3. The monoisotopic (exact) mass is 300 g/mol. The fourth-order valence-electron chi connectivity index (χ4n) is 1.72. The molecule has 0 saturated carbocycles. The van der Waals surface area contributed by atoms with E-state index in [0.29, 0.717) is 15.1 Å². The third-order valence-electron chi connectivity index (χ3n) is 2.73. The van der Waals surface area contributed by atoms with E-state index < -0.39 is 0 Å². The molecule has 0 atom stereocenters. The first-order valence-corrected chi connectivity index (χ1v) is 6.46. The van der Waals surface area contributed by atoms with Crippen molar-refractivity contribution in [3.05, 3.63) is 51.0 Å². The molecule has 94 valence electrons. The molecular formula is C14H11Cl3O. The van der Waals surface area contributed by atoms with Gasteiger partial charge in [0.1, 0.15) is 5.75 Å². The second-order valence-corrected chi connectivity index (χ2v) is 5.13. The molecule has 0 fully saturated rings. The summed E-state index contributed by atoms with van der Waals surface area (Å²) in [5.74, 6) is 0.828. The van der Waals surface area contributed by atoms with Crippen LogP contribution in [-0.4, -0.2) is 7.11 Å². The van der Waals surface area contributed by atoms with Crippen molar-refractivity contribution in [1.29, 1.82) is 0 Å². The van der Waals surface area contributed by atoms with Gasteiger partial charge in [0.05, 0.1) is 22.2 Å². The molecule has 0 aromatic heterocycles. The van der Waals surface area contributed by atoms with Gasteiger partial charge < -0.3 is 4.74 Å². The van der Waals surface area contributed by atoms with E-state index in [1.807, 2.05) is 25.1 Å². The van der Waals surface area contributed by atoms with Crippen molar-refractivity contribution in [2.24, 2.45) is 0 Å². The molecule has 2 rings (SSSR count). The first-order chi connectivity index (χ1) is 8.52. The van der Waals surface area contributed by atoms with Crippen molar-refractivity contribution in [3.8, 4) is 16.9 Å². The van der Waals surface area contributed by atoms with E-state index in [1.54, 1.807) is 19.2 Å². The Labute approximate surface area is 121 Å². The molecule has 0 N–H and O–H groups in total. The molecule has 0 bridgehead atoms. The predicted molar refractivity (Wildman–Crippen MR) is 78.2 cm³/mol. The first-order valence-electron chi connectivity index (χ1n) is 5.32. The maximum atomic E-state index is 6.03. The minimum Gasteiger partial charge on any atom is -0.496 e. The van der Waals surface area contributed by atoms with Gasteiger partial charge in [-0.15, -0.1) is 0 Å². The highest BCUT2D eigenvalue weighted by atomic mass is 35.5. The zero-order chi connectivity index (χ0) is 13.3. The van der Waals surface area contributed by atoms with Gasteiger partial charge in [0.15, 0.2) is 0 Å². The van der Waals surface area contributed by atoms with Crippen LogP contribution >= 0.6 is 34.8 Å². The fourth-order valence-corrected chi connectivity index (χ4v) is 2.32. The number of benzene rings is 2. The Kier molecular flexibility index (Phi) is 4.06. The van der Waals surface area contributed by atoms with Gasteiger partial charge in [0.2, 0.25) is 0 Å². The molecule has 2 aromatic rings. The van der Waals surface area contributed by atoms with Crippen LogP contribution in [-0.2, 0) is 0 Å². The molecule has 4 heteroatoms. The van der Waals surface area contributed by atoms with Gasteiger partial charge >= 0.3 is 0 Å². The Bertz CT molecular complexity index is 571. The number of hydrogen-bond acceptors (Lipinski definition) is 1. The predicted octanol–water partition coefficient (Wildman–Crippen LogP) is 5.63. The van der Waals surface area contributed by atoms with Crippen LogP contribution in [0.1, 0.15) is 5.56 Å². The van der Waals surface area contributed by atoms with Crippen LogP contribution in [0.3, 0.4) is 0 Å². The van der Waals surface area contributed by atoms with Gasteiger partial charge in [-0.1, -0.05) is 46.9 Å². The zero-order valence-electron chi connectivity index (χ0n) is 9.93. The lowest BCUT2D eigenvalue weighted by atomic mass is 10.0. The number of halogens is 3. The topological polar surface area (TPSA) is 9.23 Å². The van der Waals surface area contributed by atoms with E-state index in [2.05, 4.69) is 0 Å². The van der Waals surface area contributed by atoms with Crippen LogP contribution in [0.2, 0.25) is 15.1 Å². The van der Waals surface area contributed by atoms with Crippen LogP contribution in [0.25, 0.3) is 11.1 Å². The second kappa shape index (κ2) is 5.40. The largest absolute Gasteiger partial charge is 0.496 e. The average molecular weight is 302 g/mol. The Morgan fingerprint density at radius 2 is 1.50 bits per heavy atom. The molecule has 0 heterocycles. The number of ether oxygens (including phenoxy) is 1. The Hall–Kier alpha value is -0.890. The normalized spacial score (nSPS) is 10.5. The summed E-state index contributed by atoms with van der Waals surface area (Å²) in [5.41, 5.74) is 2.97. The highest BCUT2D eigenvalue weighted by molar-refractivity contribution is 6.48.